The van der Waals surface area contributed by atoms with Crippen LogP contribution in [-0.2, 0) is 26.5 Å². The Morgan fingerprint density at radius 3 is 2.23 bits per heavy atom. The summed E-state index contributed by atoms with van der Waals surface area (Å²) in [6, 6.07) is 19.7. The minimum absolute atomic E-state index is 0.0584. The second-order valence-electron chi connectivity index (χ2n) is 11.2. The molecule has 0 bridgehead atoms. The zero-order chi connectivity index (χ0) is 31.5. The zero-order valence-electron chi connectivity index (χ0n) is 23.9. The summed E-state index contributed by atoms with van der Waals surface area (Å²) in [7, 11) is -5.65. The monoisotopic (exact) mass is 691 g/mol. The normalized spacial score (nSPS) is 13.8. The van der Waals surface area contributed by atoms with Crippen LogP contribution in [0.5, 0.6) is 0 Å². The summed E-state index contributed by atoms with van der Waals surface area (Å²) < 4.78 is 39.4. The molecule has 11 heteroatoms. The third kappa shape index (κ3) is 7.73. The molecule has 2 atom stereocenters. The number of carbonyl (C=O) groups is 1. The maximum absolute atomic E-state index is 14.1. The molecule has 0 aliphatic heterocycles. The molecular weight excluding hydrogens is 659 g/mol. The molecule has 3 N–H and O–H groups in total. The van der Waals surface area contributed by atoms with Crippen molar-refractivity contribution in [3.8, 4) is 11.1 Å². The number of hydrogen-bond acceptors (Lipinski definition) is 4. The number of rotatable bonds is 12. The molecule has 228 valence electrons. The average molecular weight is 693 g/mol. The average Bonchev–Trinajstić information content (AvgIpc) is 2.92. The summed E-state index contributed by atoms with van der Waals surface area (Å²) >= 11 is 4.60. The van der Waals surface area contributed by atoms with Crippen molar-refractivity contribution in [1.82, 2.24) is 4.98 Å². The number of alkyl halides is 2. The number of carboxylic acids is 1. The third-order valence-electron chi connectivity index (χ3n) is 7.30. The van der Waals surface area contributed by atoms with Gasteiger partial charge in [-0.05, 0) is 70.3 Å². The maximum atomic E-state index is 14.1. The Kier molecular flexibility index (Phi) is 10.5. The molecule has 3 aromatic carbocycles. The van der Waals surface area contributed by atoms with E-state index >= 15 is 0 Å². The summed E-state index contributed by atoms with van der Waals surface area (Å²) in [6.45, 7) is 6.17. The van der Waals surface area contributed by atoms with E-state index in [9.17, 15) is 23.2 Å². The van der Waals surface area contributed by atoms with Gasteiger partial charge in [-0.15, -0.1) is 0 Å². The van der Waals surface area contributed by atoms with Gasteiger partial charge in [0.1, 0.15) is 0 Å². The van der Waals surface area contributed by atoms with Crippen LogP contribution in [0, 0.1) is 11.8 Å². The number of halogens is 3. The second kappa shape index (κ2) is 13.6. The van der Waals surface area contributed by atoms with E-state index in [0.717, 1.165) is 40.1 Å². The fourth-order valence-electron chi connectivity index (χ4n) is 5.32. The molecule has 4 rings (SSSR count). The minimum atomic E-state index is -5.65. The molecule has 0 fully saturated rings. The number of thioether (sulfide) groups is 1. The highest BCUT2D eigenvalue weighted by molar-refractivity contribution is 9.10. The van der Waals surface area contributed by atoms with E-state index in [1.165, 1.54) is 12.1 Å². The lowest BCUT2D eigenvalue weighted by atomic mass is 9.80. The fraction of sp³-hybridized carbons (Fsp3) is 0.312. The van der Waals surface area contributed by atoms with Gasteiger partial charge in [-0.3, -0.25) is 14.3 Å². The Labute approximate surface area is 262 Å². The van der Waals surface area contributed by atoms with Crippen LogP contribution in [0.4, 0.5) is 8.78 Å². The van der Waals surface area contributed by atoms with Crippen molar-refractivity contribution in [1.29, 1.82) is 0 Å². The Bertz CT molecular complexity index is 1660. The number of aromatic nitrogens is 1. The molecule has 43 heavy (non-hydrogen) atoms. The van der Waals surface area contributed by atoms with Crippen LogP contribution in [0.2, 0.25) is 0 Å². The van der Waals surface area contributed by atoms with Gasteiger partial charge in [0, 0.05) is 33.1 Å². The molecule has 1 aromatic heterocycles. The molecule has 1 heterocycles. The van der Waals surface area contributed by atoms with E-state index in [-0.39, 0.29) is 10.4 Å². The summed E-state index contributed by atoms with van der Waals surface area (Å²) in [5, 5.41) is 11.1. The van der Waals surface area contributed by atoms with E-state index < -0.39 is 30.7 Å². The zero-order valence-corrected chi connectivity index (χ0v) is 27.2. The first-order valence-electron chi connectivity index (χ1n) is 13.7. The summed E-state index contributed by atoms with van der Waals surface area (Å²) in [4.78, 5) is 35.1. The molecule has 4 aromatic rings. The van der Waals surface area contributed by atoms with Gasteiger partial charge in [-0.2, -0.15) is 20.5 Å². The van der Waals surface area contributed by atoms with Gasteiger partial charge >= 0.3 is 19.2 Å². The van der Waals surface area contributed by atoms with Gasteiger partial charge in [-0.1, -0.05) is 79.2 Å². The van der Waals surface area contributed by atoms with Gasteiger partial charge in [-0.25, -0.2) is 0 Å². The number of carboxylic acid groups (broad SMARTS) is 1. The molecule has 0 saturated carbocycles. The van der Waals surface area contributed by atoms with E-state index in [4.69, 9.17) is 9.79 Å². The van der Waals surface area contributed by atoms with Crippen LogP contribution < -0.4 is 0 Å². The smallest absolute Gasteiger partial charge is 0.399 e. The van der Waals surface area contributed by atoms with Gasteiger partial charge in [0.05, 0.1) is 11.4 Å². The molecule has 0 aliphatic carbocycles. The van der Waals surface area contributed by atoms with Gasteiger partial charge in [0.2, 0.25) is 0 Å². The van der Waals surface area contributed by atoms with Crippen molar-refractivity contribution in [2.24, 2.45) is 11.8 Å². The molecule has 0 spiro atoms. The summed E-state index contributed by atoms with van der Waals surface area (Å²) in [5.41, 5.74) is 0.0347. The Morgan fingerprint density at radius 1 is 0.977 bits per heavy atom. The minimum Gasteiger partial charge on any atom is -0.481 e. The first kappa shape index (κ1) is 33.3. The highest BCUT2D eigenvalue weighted by Gasteiger charge is 2.51. The largest absolute Gasteiger partial charge is 0.481 e. The molecule has 0 radical (unpaired) electrons. The van der Waals surface area contributed by atoms with Crippen LogP contribution >= 0.6 is 35.3 Å². The Morgan fingerprint density at radius 2 is 1.63 bits per heavy atom. The number of aliphatic carboxylic acids is 1. The van der Waals surface area contributed by atoms with Crippen LogP contribution in [-0.4, -0.2) is 25.8 Å². The Hall–Kier alpha value is -2.62. The van der Waals surface area contributed by atoms with Crippen molar-refractivity contribution in [3.63, 3.8) is 0 Å². The summed E-state index contributed by atoms with van der Waals surface area (Å²) in [6.07, 6.45) is 2.47. The number of nitrogens with zero attached hydrogens (tertiary/aromatic N) is 1. The fourth-order valence-corrected chi connectivity index (χ4v) is 7.60. The third-order valence-corrected chi connectivity index (χ3v) is 10.00. The van der Waals surface area contributed by atoms with Gasteiger partial charge < -0.3 is 14.9 Å². The first-order valence-corrected chi connectivity index (χ1v) is 17.3. The Balaban J connectivity index is 1.51. The lowest BCUT2D eigenvalue weighted by Gasteiger charge is -2.24. The standard InChI is InChI=1S/C32H33BrF2NO5PS/c1-19(2)13-20(3)29(31(37)38)26-16-25(15-24-5-4-12-36-30(24)26)23-9-6-21(7-10-23)17-43-18-22-8-11-27(28(33)14-22)32(34,35)42(39,40)41/h4-12,14-16,19-20,29H,13,17-18H2,1-3H3,(H,37,38)(H2,39,40,41). The second-order valence-corrected chi connectivity index (χ2v) is 14.6. The highest BCUT2D eigenvalue weighted by Crippen LogP contribution is 2.60. The lowest BCUT2D eigenvalue weighted by Crippen LogP contribution is -2.21. The number of benzene rings is 3. The van der Waals surface area contributed by atoms with Crippen molar-refractivity contribution in [3.05, 3.63) is 99.7 Å². The van der Waals surface area contributed by atoms with Gasteiger partial charge in [0.15, 0.2) is 0 Å². The predicted molar refractivity (Wildman–Crippen MR) is 171 cm³/mol. The number of pyridine rings is 1. The van der Waals surface area contributed by atoms with Crippen LogP contribution in [0.3, 0.4) is 0 Å². The van der Waals surface area contributed by atoms with Crippen molar-refractivity contribution >= 4 is 52.2 Å². The van der Waals surface area contributed by atoms with Crippen LogP contribution in [0.25, 0.3) is 22.0 Å². The maximum Gasteiger partial charge on any atom is 0.399 e. The molecule has 0 saturated heterocycles. The quantitative estimate of drug-likeness (QED) is 0.127. The molecule has 6 nitrogen and oxygen atoms in total. The van der Waals surface area contributed by atoms with Crippen molar-refractivity contribution in [2.45, 2.75) is 50.3 Å². The van der Waals surface area contributed by atoms with E-state index in [1.807, 2.05) is 55.5 Å². The van der Waals surface area contributed by atoms with Crippen molar-refractivity contribution < 1.29 is 33.0 Å². The first-order chi connectivity index (χ1) is 20.2. The van der Waals surface area contributed by atoms with E-state index in [2.05, 4.69) is 34.8 Å². The predicted octanol–water partition coefficient (Wildman–Crippen LogP) is 9.18. The number of fused-ring (bicyclic) bond motifs is 1. The van der Waals surface area contributed by atoms with Crippen LogP contribution in [0.1, 0.15) is 55.4 Å². The topological polar surface area (TPSA) is 108 Å². The molecule has 0 amide bonds. The SMILES string of the molecule is CC(C)CC(C)C(C(=O)O)c1cc(-c2ccc(CSCc3ccc(C(F)(F)P(=O)(O)O)c(Br)c3)cc2)cc2cccnc12. The number of hydrogen-bond donors (Lipinski definition) is 3. The van der Waals surface area contributed by atoms with E-state index in [0.29, 0.717) is 28.5 Å². The van der Waals surface area contributed by atoms with Crippen LogP contribution in [0.15, 0.2) is 77.4 Å². The molecular formula is C32H33BrF2NO5PS. The highest BCUT2D eigenvalue weighted by atomic mass is 79.9. The summed E-state index contributed by atoms with van der Waals surface area (Å²) in [5.74, 6) is -0.0953. The van der Waals surface area contributed by atoms with E-state index in [1.54, 1.807) is 18.0 Å². The molecule has 0 aliphatic rings. The van der Waals surface area contributed by atoms with Crippen molar-refractivity contribution in [2.75, 3.05) is 0 Å². The van der Waals surface area contributed by atoms with Gasteiger partial charge in [0.25, 0.3) is 0 Å². The lowest BCUT2D eigenvalue weighted by molar-refractivity contribution is -0.140. The molecule has 2 unspecified atom stereocenters.